The molecular formula is C25H18F3IN4O4. The van der Waals surface area contributed by atoms with Crippen molar-refractivity contribution in [3.8, 4) is 22.9 Å². The zero-order chi connectivity index (χ0) is 26.7. The largest absolute Gasteiger partial charge is 0.493 e. The molecule has 0 atom stereocenters. The molecule has 37 heavy (non-hydrogen) atoms. The van der Waals surface area contributed by atoms with E-state index < -0.39 is 23.2 Å². The van der Waals surface area contributed by atoms with Crippen LogP contribution in [-0.4, -0.2) is 35.5 Å². The van der Waals surface area contributed by atoms with Crippen LogP contribution in [0.2, 0.25) is 0 Å². The van der Waals surface area contributed by atoms with Gasteiger partial charge in [-0.3, -0.25) is 9.59 Å². The molecule has 0 saturated carbocycles. The maximum absolute atomic E-state index is 13.4. The van der Waals surface area contributed by atoms with Gasteiger partial charge in [-0.25, -0.2) is 4.98 Å². The summed E-state index contributed by atoms with van der Waals surface area (Å²) in [5, 5.41) is 4.52. The van der Waals surface area contributed by atoms with E-state index in [1.165, 1.54) is 25.5 Å². The number of amides is 1. The van der Waals surface area contributed by atoms with Gasteiger partial charge >= 0.3 is 6.18 Å². The molecule has 190 valence electrons. The summed E-state index contributed by atoms with van der Waals surface area (Å²) >= 11 is 1.98. The van der Waals surface area contributed by atoms with E-state index in [0.29, 0.717) is 20.4 Å². The highest BCUT2D eigenvalue weighted by molar-refractivity contribution is 14.1. The van der Waals surface area contributed by atoms with Crippen LogP contribution in [0.25, 0.3) is 22.3 Å². The van der Waals surface area contributed by atoms with Crippen LogP contribution in [0.4, 0.5) is 13.2 Å². The molecule has 12 heteroatoms. The monoisotopic (exact) mass is 622 g/mol. The van der Waals surface area contributed by atoms with Gasteiger partial charge in [-0.05, 0) is 64.6 Å². The summed E-state index contributed by atoms with van der Waals surface area (Å²) < 4.78 is 52.4. The van der Waals surface area contributed by atoms with Gasteiger partial charge in [0.1, 0.15) is 0 Å². The van der Waals surface area contributed by atoms with Crippen molar-refractivity contribution in [1.82, 2.24) is 9.66 Å². The molecule has 0 aliphatic heterocycles. The quantitative estimate of drug-likeness (QED) is 0.242. The van der Waals surface area contributed by atoms with Crippen LogP contribution in [0, 0.1) is 3.57 Å². The normalized spacial score (nSPS) is 11.7. The topological polar surface area (TPSA) is 109 Å². The maximum Gasteiger partial charge on any atom is 0.416 e. The molecule has 4 aromatic rings. The molecule has 1 heterocycles. The number of fused-ring (bicyclic) bond motifs is 1. The van der Waals surface area contributed by atoms with Crippen molar-refractivity contribution in [2.45, 2.75) is 6.18 Å². The lowest BCUT2D eigenvalue weighted by Gasteiger charge is -2.13. The van der Waals surface area contributed by atoms with Crippen LogP contribution >= 0.6 is 22.6 Å². The molecule has 1 amide bonds. The van der Waals surface area contributed by atoms with Gasteiger partial charge in [0.2, 0.25) is 0 Å². The van der Waals surface area contributed by atoms with Crippen LogP contribution < -0.4 is 20.8 Å². The summed E-state index contributed by atoms with van der Waals surface area (Å²) in [4.78, 5) is 28.8. The number of carbonyl (C=O) groups excluding carboxylic acids is 1. The first-order valence-corrected chi connectivity index (χ1v) is 11.7. The molecule has 0 spiro atoms. The first-order chi connectivity index (χ1) is 17.6. The Morgan fingerprint density at radius 3 is 2.62 bits per heavy atom. The zero-order valence-corrected chi connectivity index (χ0v) is 21.3. The number of rotatable bonds is 7. The Labute approximate surface area is 221 Å². The van der Waals surface area contributed by atoms with Gasteiger partial charge in [-0.1, -0.05) is 24.3 Å². The molecule has 1 aromatic heterocycles. The number of hydrogen-bond acceptors (Lipinski definition) is 6. The number of methoxy groups -OCH3 is 1. The third-order valence-corrected chi connectivity index (χ3v) is 5.94. The minimum atomic E-state index is -4.58. The first-order valence-electron chi connectivity index (χ1n) is 10.6. The lowest BCUT2D eigenvalue weighted by Crippen LogP contribution is -2.21. The second-order valence-corrected chi connectivity index (χ2v) is 8.84. The van der Waals surface area contributed by atoms with Gasteiger partial charge in [-0.2, -0.15) is 22.9 Å². The summed E-state index contributed by atoms with van der Waals surface area (Å²) in [7, 11) is 1.41. The van der Waals surface area contributed by atoms with E-state index >= 15 is 0 Å². The predicted octanol–water partition coefficient (Wildman–Crippen LogP) is 4.44. The van der Waals surface area contributed by atoms with E-state index in [1.807, 2.05) is 22.6 Å². The SMILES string of the molecule is COc1cc(C=Nn2c(-c3cccc(C(F)(F)F)c3)nc3ccccc3c2=O)cc(I)c1OCC(N)=O. The molecule has 0 fully saturated rings. The molecule has 2 N–H and O–H groups in total. The number of aromatic nitrogens is 2. The lowest BCUT2D eigenvalue weighted by molar-refractivity contribution is -0.137. The predicted molar refractivity (Wildman–Crippen MR) is 140 cm³/mol. The van der Waals surface area contributed by atoms with Crippen LogP contribution in [0.5, 0.6) is 11.5 Å². The Balaban J connectivity index is 1.85. The van der Waals surface area contributed by atoms with Crippen LogP contribution in [0.1, 0.15) is 11.1 Å². The molecule has 4 rings (SSSR count). The minimum Gasteiger partial charge on any atom is -0.493 e. The van der Waals surface area contributed by atoms with Gasteiger partial charge in [0.25, 0.3) is 11.5 Å². The second kappa shape index (κ2) is 10.6. The number of alkyl halides is 3. The third-order valence-electron chi connectivity index (χ3n) is 5.13. The fourth-order valence-corrected chi connectivity index (χ4v) is 4.26. The lowest BCUT2D eigenvalue weighted by atomic mass is 10.1. The van der Waals surface area contributed by atoms with E-state index in [4.69, 9.17) is 15.2 Å². The number of para-hydroxylation sites is 1. The number of nitrogens with zero attached hydrogens (tertiary/aromatic N) is 3. The van der Waals surface area contributed by atoms with Gasteiger partial charge in [0, 0.05) is 5.56 Å². The Hall–Kier alpha value is -3.94. The molecule has 0 saturated heterocycles. The standard InChI is InChI=1S/C25H18F3IN4O4/c1-36-20-10-14(9-18(29)22(20)37-13-21(30)34)12-31-33-23(15-5-4-6-16(11-15)25(26,27)28)32-19-8-3-2-7-17(19)24(33)35/h2-12H,13H2,1H3,(H2,30,34). The highest BCUT2D eigenvalue weighted by atomic mass is 127. The van der Waals surface area contributed by atoms with Gasteiger partial charge in [0.05, 0.1) is 33.4 Å². The fourth-order valence-electron chi connectivity index (χ4n) is 3.47. The molecular weight excluding hydrogens is 604 g/mol. The number of ether oxygens (including phenoxy) is 2. The van der Waals surface area contributed by atoms with E-state index in [9.17, 15) is 22.8 Å². The second-order valence-electron chi connectivity index (χ2n) is 7.68. The van der Waals surface area contributed by atoms with Crippen LogP contribution in [0.15, 0.2) is 70.6 Å². The molecule has 3 aromatic carbocycles. The Morgan fingerprint density at radius 1 is 1.16 bits per heavy atom. The summed E-state index contributed by atoms with van der Waals surface area (Å²) in [5.41, 5.74) is 4.58. The summed E-state index contributed by atoms with van der Waals surface area (Å²) in [6.07, 6.45) is -3.23. The Bertz CT molecular complexity index is 1580. The number of benzene rings is 3. The van der Waals surface area contributed by atoms with Gasteiger partial charge in [0.15, 0.2) is 23.9 Å². The van der Waals surface area contributed by atoms with Crippen molar-refractivity contribution >= 4 is 45.6 Å². The van der Waals surface area contributed by atoms with Crippen molar-refractivity contribution in [1.29, 1.82) is 0 Å². The summed E-state index contributed by atoms with van der Waals surface area (Å²) in [6.45, 7) is -0.349. The van der Waals surface area contributed by atoms with E-state index in [0.717, 1.165) is 16.8 Å². The Morgan fingerprint density at radius 2 is 1.92 bits per heavy atom. The smallest absolute Gasteiger partial charge is 0.416 e. The number of halogens is 4. The average Bonchev–Trinajstić information content (AvgIpc) is 2.86. The molecule has 0 aliphatic rings. The number of carbonyl (C=O) groups is 1. The minimum absolute atomic E-state index is 0.0610. The van der Waals surface area contributed by atoms with Crippen LogP contribution in [0.3, 0.4) is 0 Å². The average molecular weight is 622 g/mol. The molecule has 0 aliphatic carbocycles. The summed E-state index contributed by atoms with van der Waals surface area (Å²) in [5.74, 6) is -0.132. The number of nitrogens with two attached hydrogens (primary N) is 1. The van der Waals surface area contributed by atoms with E-state index in [1.54, 1.807) is 36.4 Å². The first kappa shape index (κ1) is 26.1. The van der Waals surface area contributed by atoms with Crippen molar-refractivity contribution in [3.63, 3.8) is 0 Å². The van der Waals surface area contributed by atoms with Crippen molar-refractivity contribution in [2.75, 3.05) is 13.7 Å². The molecule has 0 radical (unpaired) electrons. The van der Waals surface area contributed by atoms with Gasteiger partial charge < -0.3 is 15.2 Å². The highest BCUT2D eigenvalue weighted by Crippen LogP contribution is 2.34. The molecule has 8 nitrogen and oxygen atoms in total. The maximum atomic E-state index is 13.4. The molecule has 0 unspecified atom stereocenters. The van der Waals surface area contributed by atoms with E-state index in [2.05, 4.69) is 10.1 Å². The molecule has 0 bridgehead atoms. The highest BCUT2D eigenvalue weighted by Gasteiger charge is 2.31. The number of primary amides is 1. The van der Waals surface area contributed by atoms with Crippen LogP contribution in [-0.2, 0) is 11.0 Å². The van der Waals surface area contributed by atoms with Gasteiger partial charge in [-0.15, -0.1) is 0 Å². The summed E-state index contributed by atoms with van der Waals surface area (Å²) in [6, 6.07) is 14.2. The van der Waals surface area contributed by atoms with Crippen molar-refractivity contribution in [2.24, 2.45) is 10.8 Å². The fraction of sp³-hybridized carbons (Fsp3) is 0.120. The van der Waals surface area contributed by atoms with Crippen molar-refractivity contribution in [3.05, 3.63) is 85.7 Å². The number of hydrogen-bond donors (Lipinski definition) is 1. The third kappa shape index (κ3) is 5.74. The zero-order valence-electron chi connectivity index (χ0n) is 19.1. The van der Waals surface area contributed by atoms with E-state index in [-0.39, 0.29) is 29.1 Å². The Kier molecular flexibility index (Phi) is 7.47. The van der Waals surface area contributed by atoms with Crippen molar-refractivity contribution < 1.29 is 27.4 Å².